The minimum Gasteiger partial charge on any atom is -0.497 e. The van der Waals surface area contributed by atoms with Crippen LogP contribution in [-0.4, -0.2) is 32.9 Å². The van der Waals surface area contributed by atoms with Crippen LogP contribution in [0.15, 0.2) is 29.7 Å². The number of aromatic amines is 1. The van der Waals surface area contributed by atoms with Crippen molar-refractivity contribution >= 4 is 10.8 Å². The number of H-pyrrole nitrogens is 1. The normalized spacial score (nSPS) is 15.7. The van der Waals surface area contributed by atoms with Crippen molar-refractivity contribution < 1.29 is 13.7 Å². The summed E-state index contributed by atoms with van der Waals surface area (Å²) in [5, 5.41) is 0.408. The van der Waals surface area contributed by atoms with Gasteiger partial charge in [0.05, 0.1) is 42.2 Å². The van der Waals surface area contributed by atoms with Crippen LogP contribution in [0.5, 0.6) is 11.6 Å². The highest BCUT2D eigenvalue weighted by Crippen LogP contribution is 2.29. The van der Waals surface area contributed by atoms with Gasteiger partial charge in [0.2, 0.25) is 5.88 Å². The van der Waals surface area contributed by atoms with Gasteiger partial charge in [-0.15, -0.1) is 0 Å². The van der Waals surface area contributed by atoms with Crippen LogP contribution in [0.2, 0.25) is 0 Å². The summed E-state index contributed by atoms with van der Waals surface area (Å²) in [7, 11) is 0.302. The predicted molar refractivity (Wildman–Crippen MR) is 77.7 cm³/mol. The molecular formula is C14H17N3O3S. The summed E-state index contributed by atoms with van der Waals surface area (Å²) in [6, 6.07) is 3.52. The summed E-state index contributed by atoms with van der Waals surface area (Å²) in [6.45, 7) is 0.700. The second-order valence-corrected chi connectivity index (χ2v) is 6.35. The molecule has 1 atom stereocenters. The summed E-state index contributed by atoms with van der Waals surface area (Å²) in [5.41, 5.74) is 0.699. The Balaban J connectivity index is 1.61. The number of imidazole rings is 1. The molecule has 7 heteroatoms. The van der Waals surface area contributed by atoms with Gasteiger partial charge < -0.3 is 14.5 Å². The highest BCUT2D eigenvalue weighted by atomic mass is 32.2. The molecule has 1 saturated carbocycles. The number of nitrogens with zero attached hydrogens (tertiary/aromatic N) is 2. The van der Waals surface area contributed by atoms with Gasteiger partial charge in [0.15, 0.2) is 5.16 Å². The van der Waals surface area contributed by atoms with E-state index in [1.165, 1.54) is 12.8 Å². The molecule has 0 aliphatic heterocycles. The van der Waals surface area contributed by atoms with Crippen LogP contribution in [0.4, 0.5) is 0 Å². The molecule has 1 unspecified atom stereocenters. The molecule has 0 saturated heterocycles. The van der Waals surface area contributed by atoms with Crippen molar-refractivity contribution in [1.82, 2.24) is 15.0 Å². The molecule has 112 valence electrons. The van der Waals surface area contributed by atoms with Gasteiger partial charge in [-0.2, -0.15) is 0 Å². The first kappa shape index (κ1) is 14.1. The van der Waals surface area contributed by atoms with E-state index in [4.69, 9.17) is 9.47 Å². The van der Waals surface area contributed by atoms with Crippen LogP contribution in [0.3, 0.4) is 0 Å². The maximum absolute atomic E-state index is 12.3. The van der Waals surface area contributed by atoms with Crippen molar-refractivity contribution in [2.75, 3.05) is 13.7 Å². The fourth-order valence-corrected chi connectivity index (χ4v) is 2.78. The van der Waals surface area contributed by atoms with E-state index in [1.807, 2.05) is 0 Å². The Hall–Kier alpha value is -1.89. The summed E-state index contributed by atoms with van der Waals surface area (Å²) in [5.74, 6) is 2.23. The Morgan fingerprint density at radius 1 is 1.43 bits per heavy atom. The summed E-state index contributed by atoms with van der Waals surface area (Å²) >= 11 is 0. The van der Waals surface area contributed by atoms with Crippen LogP contribution in [-0.2, 0) is 16.6 Å². The monoisotopic (exact) mass is 307 g/mol. The molecule has 2 aromatic heterocycles. The molecule has 1 aliphatic rings. The van der Waals surface area contributed by atoms with E-state index in [-0.39, 0.29) is 5.75 Å². The van der Waals surface area contributed by atoms with Crippen molar-refractivity contribution in [1.29, 1.82) is 0 Å². The average molecular weight is 307 g/mol. The lowest BCUT2D eigenvalue weighted by Gasteiger charge is -2.03. The Bertz CT molecular complexity index is 640. The van der Waals surface area contributed by atoms with Crippen LogP contribution >= 0.6 is 0 Å². The molecule has 2 heterocycles. The fraction of sp³-hybridized carbons (Fsp3) is 0.429. The molecule has 0 radical (unpaired) electrons. The van der Waals surface area contributed by atoms with Gasteiger partial charge in [0.1, 0.15) is 5.75 Å². The SMILES string of the molecule is COc1ccnc(CS(=O)c2ncc(OCC3CC3)[nH]2)c1. The van der Waals surface area contributed by atoms with Crippen LogP contribution in [0.1, 0.15) is 18.5 Å². The Morgan fingerprint density at radius 3 is 3.05 bits per heavy atom. The number of pyridine rings is 1. The molecule has 0 bridgehead atoms. The summed E-state index contributed by atoms with van der Waals surface area (Å²) in [6.07, 6.45) is 5.68. The highest BCUT2D eigenvalue weighted by molar-refractivity contribution is 7.84. The Labute approximate surface area is 125 Å². The van der Waals surface area contributed by atoms with Crippen molar-refractivity contribution in [3.63, 3.8) is 0 Å². The third kappa shape index (κ3) is 3.81. The van der Waals surface area contributed by atoms with Gasteiger partial charge in [0.25, 0.3) is 0 Å². The Morgan fingerprint density at radius 2 is 2.29 bits per heavy atom. The topological polar surface area (TPSA) is 77.1 Å². The summed E-state index contributed by atoms with van der Waals surface area (Å²) < 4.78 is 22.9. The minimum atomic E-state index is -1.29. The maximum Gasteiger partial charge on any atom is 0.211 e. The quantitative estimate of drug-likeness (QED) is 0.845. The lowest BCUT2D eigenvalue weighted by atomic mass is 10.3. The standard InChI is InChI=1S/C14H17N3O3S/c1-19-12-4-5-15-11(6-12)9-21(18)14-16-7-13(17-14)20-8-10-2-3-10/h4-7,10H,2-3,8-9H2,1H3,(H,16,17). The van der Waals surface area contributed by atoms with Crippen molar-refractivity contribution in [3.8, 4) is 11.6 Å². The molecule has 0 spiro atoms. The number of ether oxygens (including phenoxy) is 2. The first-order valence-electron chi connectivity index (χ1n) is 6.79. The third-order valence-electron chi connectivity index (χ3n) is 3.22. The number of methoxy groups -OCH3 is 1. The molecule has 0 amide bonds. The highest BCUT2D eigenvalue weighted by Gasteiger charge is 2.22. The average Bonchev–Trinajstić information content (AvgIpc) is 3.21. The van der Waals surface area contributed by atoms with E-state index in [1.54, 1.807) is 31.6 Å². The largest absolute Gasteiger partial charge is 0.497 e. The first-order chi connectivity index (χ1) is 10.2. The maximum atomic E-state index is 12.3. The minimum absolute atomic E-state index is 0.285. The van der Waals surface area contributed by atoms with Gasteiger partial charge in [-0.05, 0) is 24.8 Å². The van der Waals surface area contributed by atoms with E-state index < -0.39 is 10.8 Å². The van der Waals surface area contributed by atoms with Gasteiger partial charge >= 0.3 is 0 Å². The van der Waals surface area contributed by atoms with Crippen molar-refractivity contribution in [2.24, 2.45) is 5.92 Å². The molecule has 2 aromatic rings. The van der Waals surface area contributed by atoms with E-state index in [9.17, 15) is 4.21 Å². The molecule has 1 fully saturated rings. The van der Waals surface area contributed by atoms with E-state index in [0.29, 0.717) is 35.0 Å². The van der Waals surface area contributed by atoms with Crippen molar-refractivity contribution in [2.45, 2.75) is 23.8 Å². The van der Waals surface area contributed by atoms with Crippen LogP contribution in [0.25, 0.3) is 0 Å². The predicted octanol–water partition coefficient (Wildman–Crippen LogP) is 1.91. The first-order valence-corrected chi connectivity index (χ1v) is 8.11. The van der Waals surface area contributed by atoms with E-state index in [0.717, 1.165) is 0 Å². The number of aromatic nitrogens is 3. The van der Waals surface area contributed by atoms with Crippen molar-refractivity contribution in [3.05, 3.63) is 30.2 Å². The zero-order chi connectivity index (χ0) is 14.7. The number of nitrogens with one attached hydrogen (secondary N) is 1. The zero-order valence-corrected chi connectivity index (χ0v) is 12.6. The van der Waals surface area contributed by atoms with Gasteiger partial charge in [0, 0.05) is 12.3 Å². The molecule has 3 rings (SSSR count). The van der Waals surface area contributed by atoms with Crippen LogP contribution < -0.4 is 9.47 Å². The second kappa shape index (κ2) is 6.26. The zero-order valence-electron chi connectivity index (χ0n) is 11.7. The third-order valence-corrected chi connectivity index (χ3v) is 4.42. The smallest absolute Gasteiger partial charge is 0.211 e. The molecule has 6 nitrogen and oxygen atoms in total. The lowest BCUT2D eigenvalue weighted by molar-refractivity contribution is 0.289. The van der Waals surface area contributed by atoms with Gasteiger partial charge in [-0.25, -0.2) is 4.98 Å². The number of rotatable bonds is 7. The molecule has 1 N–H and O–H groups in total. The second-order valence-electron chi connectivity index (χ2n) is 4.98. The van der Waals surface area contributed by atoms with Crippen LogP contribution in [0, 0.1) is 5.92 Å². The van der Waals surface area contributed by atoms with Gasteiger partial charge in [-0.3, -0.25) is 9.19 Å². The fourth-order valence-electron chi connectivity index (χ4n) is 1.83. The molecular weight excluding hydrogens is 290 g/mol. The van der Waals surface area contributed by atoms with Gasteiger partial charge in [-0.1, -0.05) is 0 Å². The van der Waals surface area contributed by atoms with E-state index in [2.05, 4.69) is 15.0 Å². The molecule has 21 heavy (non-hydrogen) atoms. The molecule has 0 aromatic carbocycles. The lowest BCUT2D eigenvalue weighted by Crippen LogP contribution is -2.02. The number of hydrogen-bond donors (Lipinski definition) is 1. The summed E-state index contributed by atoms with van der Waals surface area (Å²) in [4.78, 5) is 11.2. The molecule has 1 aliphatic carbocycles. The van der Waals surface area contributed by atoms with E-state index >= 15 is 0 Å². The number of hydrogen-bond acceptors (Lipinski definition) is 5. The Kier molecular flexibility index (Phi) is 4.19.